The van der Waals surface area contributed by atoms with E-state index < -0.39 is 0 Å². The first-order chi connectivity index (χ1) is 14.0. The minimum Gasteiger partial charge on any atom is -0.461 e. The number of carbonyl (C=O) groups excluding carboxylic acids is 1. The summed E-state index contributed by atoms with van der Waals surface area (Å²) in [6.45, 7) is 7.00. The molecule has 0 saturated carbocycles. The van der Waals surface area contributed by atoms with Crippen LogP contribution < -0.4 is 14.8 Å². The number of amides is 1. The molecule has 0 saturated heterocycles. The van der Waals surface area contributed by atoms with Crippen molar-refractivity contribution in [1.29, 1.82) is 0 Å². The van der Waals surface area contributed by atoms with Gasteiger partial charge in [0.1, 0.15) is 0 Å². The van der Waals surface area contributed by atoms with Gasteiger partial charge < -0.3 is 19.2 Å². The molecule has 0 bridgehead atoms. The molecule has 1 unspecified atom stereocenters. The highest BCUT2D eigenvalue weighted by Gasteiger charge is 2.23. The largest absolute Gasteiger partial charge is 0.461 e. The number of aromatic nitrogens is 3. The van der Waals surface area contributed by atoms with Crippen molar-refractivity contribution in [3.8, 4) is 23.1 Å². The molecule has 8 nitrogen and oxygen atoms in total. The normalized spacial score (nSPS) is 13.7. The fourth-order valence-corrected chi connectivity index (χ4v) is 3.78. The molecule has 3 heterocycles. The van der Waals surface area contributed by atoms with E-state index in [4.69, 9.17) is 13.9 Å². The van der Waals surface area contributed by atoms with Crippen LogP contribution in [0.2, 0.25) is 0 Å². The Labute approximate surface area is 172 Å². The van der Waals surface area contributed by atoms with E-state index in [-0.39, 0.29) is 18.0 Å². The maximum absolute atomic E-state index is 12.7. The van der Waals surface area contributed by atoms with Gasteiger partial charge in [0.05, 0.1) is 11.5 Å². The van der Waals surface area contributed by atoms with Crippen molar-refractivity contribution in [3.05, 3.63) is 36.6 Å². The Balaban J connectivity index is 1.48. The lowest BCUT2D eigenvalue weighted by molar-refractivity contribution is -0.115. The van der Waals surface area contributed by atoms with Crippen LogP contribution in [0.1, 0.15) is 20.8 Å². The molecule has 1 N–H and O–H groups in total. The molecule has 1 aliphatic rings. The number of hydrogen-bond acceptors (Lipinski definition) is 7. The topological polar surface area (TPSA) is 91.4 Å². The summed E-state index contributed by atoms with van der Waals surface area (Å²) >= 11 is 1.36. The number of rotatable bonds is 7. The zero-order chi connectivity index (χ0) is 20.4. The van der Waals surface area contributed by atoms with Crippen LogP contribution in [0.3, 0.4) is 0 Å². The van der Waals surface area contributed by atoms with Gasteiger partial charge in [-0.2, -0.15) is 0 Å². The molecule has 29 heavy (non-hydrogen) atoms. The molecular formula is C20H22N4O4S. The molecule has 152 valence electrons. The Morgan fingerprint density at radius 1 is 1.21 bits per heavy atom. The third-order valence-corrected chi connectivity index (χ3v) is 5.38. The van der Waals surface area contributed by atoms with Crippen molar-refractivity contribution in [3.63, 3.8) is 0 Å². The molecule has 0 radical (unpaired) electrons. The molecular weight excluding hydrogens is 392 g/mol. The van der Waals surface area contributed by atoms with Crippen LogP contribution in [0.4, 0.5) is 5.69 Å². The lowest BCUT2D eigenvalue weighted by atomic mass is 10.2. The predicted molar refractivity (Wildman–Crippen MR) is 109 cm³/mol. The monoisotopic (exact) mass is 414 g/mol. The average molecular weight is 414 g/mol. The van der Waals surface area contributed by atoms with Crippen molar-refractivity contribution < 1.29 is 18.7 Å². The van der Waals surface area contributed by atoms with Crippen molar-refractivity contribution in [2.45, 2.75) is 37.7 Å². The number of anilines is 1. The van der Waals surface area contributed by atoms with Crippen LogP contribution >= 0.6 is 11.8 Å². The van der Waals surface area contributed by atoms with Crippen molar-refractivity contribution in [1.82, 2.24) is 14.8 Å². The Morgan fingerprint density at radius 2 is 2.03 bits per heavy atom. The fraction of sp³-hybridized carbons (Fsp3) is 0.350. The van der Waals surface area contributed by atoms with E-state index in [1.807, 2.05) is 23.6 Å². The molecule has 2 aromatic heterocycles. The van der Waals surface area contributed by atoms with Gasteiger partial charge in [0.2, 0.25) is 12.7 Å². The van der Waals surface area contributed by atoms with Gasteiger partial charge in [0.25, 0.3) is 0 Å². The third kappa shape index (κ3) is 4.24. The van der Waals surface area contributed by atoms with Crippen LogP contribution in [0.15, 0.2) is 46.2 Å². The molecule has 1 aromatic carbocycles. The van der Waals surface area contributed by atoms with Crippen molar-refractivity contribution >= 4 is 23.4 Å². The summed E-state index contributed by atoms with van der Waals surface area (Å²) in [6.07, 6.45) is 1.61. The van der Waals surface area contributed by atoms with Gasteiger partial charge in [-0.15, -0.1) is 10.2 Å². The van der Waals surface area contributed by atoms with Gasteiger partial charge in [0.15, 0.2) is 28.2 Å². The van der Waals surface area contributed by atoms with Crippen LogP contribution in [-0.2, 0) is 11.3 Å². The van der Waals surface area contributed by atoms with Gasteiger partial charge in [-0.1, -0.05) is 25.6 Å². The molecule has 1 aliphatic heterocycles. The first-order valence-corrected chi connectivity index (χ1v) is 10.2. The second-order valence-electron chi connectivity index (χ2n) is 7.11. The Kier molecular flexibility index (Phi) is 5.48. The molecule has 9 heteroatoms. The molecule has 1 amide bonds. The Bertz CT molecular complexity index is 1000. The molecule has 4 rings (SSSR count). The summed E-state index contributed by atoms with van der Waals surface area (Å²) < 4.78 is 18.1. The van der Waals surface area contributed by atoms with E-state index >= 15 is 0 Å². The van der Waals surface area contributed by atoms with E-state index in [9.17, 15) is 4.79 Å². The minimum atomic E-state index is -0.375. The number of nitrogens with one attached hydrogen (secondary N) is 1. The third-order valence-electron chi connectivity index (χ3n) is 4.30. The van der Waals surface area contributed by atoms with E-state index in [0.29, 0.717) is 39.8 Å². The second kappa shape index (κ2) is 8.20. The zero-order valence-corrected chi connectivity index (χ0v) is 17.2. The highest BCUT2D eigenvalue weighted by Crippen LogP contribution is 2.34. The summed E-state index contributed by atoms with van der Waals surface area (Å²) in [5.74, 6) is 2.88. The number of benzene rings is 1. The standard InChI is InChI=1S/C20H22N4O4S/c1-12(2)10-24-18(16-5-4-8-26-16)22-23-20(24)29-13(3)19(25)21-14-6-7-15-17(9-14)28-11-27-15/h4-9,12-13H,10-11H2,1-3H3,(H,21,25). The summed E-state index contributed by atoms with van der Waals surface area (Å²) in [6, 6.07) is 9.00. The predicted octanol–water partition coefficient (Wildman–Crippen LogP) is 4.04. The van der Waals surface area contributed by atoms with Crippen LogP contribution in [0.25, 0.3) is 11.6 Å². The van der Waals surface area contributed by atoms with E-state index in [1.165, 1.54) is 11.8 Å². The minimum absolute atomic E-state index is 0.132. The molecule has 0 aliphatic carbocycles. The first kappa shape index (κ1) is 19.4. The number of ether oxygens (including phenoxy) is 2. The van der Waals surface area contributed by atoms with Crippen molar-refractivity contribution in [2.24, 2.45) is 5.92 Å². The summed E-state index contributed by atoms with van der Waals surface area (Å²) in [7, 11) is 0. The van der Waals surface area contributed by atoms with Crippen molar-refractivity contribution in [2.75, 3.05) is 12.1 Å². The highest BCUT2D eigenvalue weighted by molar-refractivity contribution is 8.00. The number of hydrogen-bond donors (Lipinski definition) is 1. The fourth-order valence-electron chi connectivity index (χ4n) is 2.92. The number of fused-ring (bicyclic) bond motifs is 1. The quantitative estimate of drug-likeness (QED) is 0.583. The first-order valence-electron chi connectivity index (χ1n) is 9.35. The second-order valence-corrected chi connectivity index (χ2v) is 8.41. The number of thioether (sulfide) groups is 1. The summed E-state index contributed by atoms with van der Waals surface area (Å²) in [4.78, 5) is 12.7. The van der Waals surface area contributed by atoms with Gasteiger partial charge in [-0.3, -0.25) is 9.36 Å². The lowest BCUT2D eigenvalue weighted by Gasteiger charge is -2.15. The van der Waals surface area contributed by atoms with Gasteiger partial charge >= 0.3 is 0 Å². The number of nitrogens with zero attached hydrogens (tertiary/aromatic N) is 3. The number of furan rings is 1. The van der Waals surface area contributed by atoms with Crippen LogP contribution in [0.5, 0.6) is 11.5 Å². The maximum Gasteiger partial charge on any atom is 0.237 e. The van der Waals surface area contributed by atoms with E-state index in [2.05, 4.69) is 29.4 Å². The van der Waals surface area contributed by atoms with E-state index in [1.54, 1.807) is 24.5 Å². The van der Waals surface area contributed by atoms with Gasteiger partial charge in [0, 0.05) is 18.3 Å². The Morgan fingerprint density at radius 3 is 2.79 bits per heavy atom. The maximum atomic E-state index is 12.7. The van der Waals surface area contributed by atoms with Crippen LogP contribution in [0, 0.1) is 5.92 Å². The molecule has 0 fully saturated rings. The zero-order valence-electron chi connectivity index (χ0n) is 16.4. The SMILES string of the molecule is CC(C)Cn1c(SC(C)C(=O)Nc2ccc3c(c2)OCO3)nnc1-c1ccco1. The Hall–Kier alpha value is -2.94. The van der Waals surface area contributed by atoms with Gasteiger partial charge in [-0.05, 0) is 37.1 Å². The van der Waals surface area contributed by atoms with Gasteiger partial charge in [-0.25, -0.2) is 0 Å². The molecule has 3 aromatic rings. The average Bonchev–Trinajstić information content (AvgIpc) is 3.42. The van der Waals surface area contributed by atoms with Crippen LogP contribution in [-0.4, -0.2) is 32.7 Å². The lowest BCUT2D eigenvalue weighted by Crippen LogP contribution is -2.23. The molecule has 1 atom stereocenters. The molecule has 0 spiro atoms. The number of carbonyl (C=O) groups is 1. The summed E-state index contributed by atoms with van der Waals surface area (Å²) in [5, 5.41) is 11.8. The van der Waals surface area contributed by atoms with E-state index in [0.717, 1.165) is 6.54 Å². The smallest absolute Gasteiger partial charge is 0.237 e. The summed E-state index contributed by atoms with van der Waals surface area (Å²) in [5.41, 5.74) is 0.659. The highest BCUT2D eigenvalue weighted by atomic mass is 32.2.